The molecular weight excluding hydrogens is 1390 g/mol. The first-order valence-electron chi connectivity index (χ1n) is 33.5. The van der Waals surface area contributed by atoms with E-state index in [4.69, 9.17) is 55.0 Å². The molecular formula is C82H64N4O18Si2. The monoisotopic (exact) mass is 1450 g/mol. The summed E-state index contributed by atoms with van der Waals surface area (Å²) in [4.78, 5) is 107. The average molecular weight is 1450 g/mol. The highest BCUT2D eigenvalue weighted by Gasteiger charge is 2.49. The molecule has 0 N–H and O–H groups in total. The second-order valence-corrected chi connectivity index (χ2v) is 30.6. The number of carbonyl (C=O) groups excluding carboxylic acids is 6. The number of rotatable bonds is 26. The lowest BCUT2D eigenvalue weighted by molar-refractivity contribution is -0.140. The fourth-order valence-electron chi connectivity index (χ4n) is 13.8. The first-order chi connectivity index (χ1) is 51.7. The van der Waals surface area contributed by atoms with Gasteiger partial charge in [0.1, 0.15) is 46.0 Å². The summed E-state index contributed by atoms with van der Waals surface area (Å²) in [6.07, 6.45) is 2.88. The third-order valence-corrected chi connectivity index (χ3v) is 24.2. The number of fused-ring (bicyclic) bond motifs is 2. The van der Waals surface area contributed by atoms with E-state index in [9.17, 15) is 0 Å². The molecule has 24 heteroatoms. The Morgan fingerprint density at radius 1 is 0.330 bits per heavy atom. The first-order valence-corrected chi connectivity index (χ1v) is 37.3. The van der Waals surface area contributed by atoms with Crippen LogP contribution in [0.2, 0.25) is 0 Å². The molecule has 2 aromatic heterocycles. The van der Waals surface area contributed by atoms with E-state index in [1.807, 2.05) is 0 Å². The van der Waals surface area contributed by atoms with Crippen molar-refractivity contribution in [3.63, 3.8) is 0 Å². The molecule has 15 rings (SSSR count). The van der Waals surface area contributed by atoms with Crippen molar-refractivity contribution >= 4 is 96.3 Å². The maximum atomic E-state index is 16.5. The quantitative estimate of drug-likeness (QED) is 0.0161. The predicted molar refractivity (Wildman–Crippen MR) is 394 cm³/mol. The second-order valence-electron chi connectivity index (χ2n) is 24.7. The molecule has 13 aromatic rings. The van der Waals surface area contributed by atoms with Gasteiger partial charge in [0, 0.05) is 122 Å². The van der Waals surface area contributed by atoms with Crippen molar-refractivity contribution in [2.24, 2.45) is 0 Å². The van der Waals surface area contributed by atoms with Crippen LogP contribution in [0.5, 0.6) is 57.8 Å². The molecule has 528 valence electrons. The lowest BCUT2D eigenvalue weighted by atomic mass is 9.80. The molecule has 11 aromatic carbocycles. The molecule has 0 aliphatic carbocycles. The molecule has 0 fully saturated rings. The number of benzene rings is 11. The minimum absolute atomic E-state index is 0.0113. The first kappa shape index (κ1) is 69.4. The van der Waals surface area contributed by atoms with Crippen molar-refractivity contribution in [2.75, 3.05) is 42.7 Å². The zero-order valence-electron chi connectivity index (χ0n) is 57.8. The third-order valence-electron chi connectivity index (χ3n) is 18.8. The van der Waals surface area contributed by atoms with Crippen molar-refractivity contribution in [1.29, 1.82) is 0 Å². The molecule has 4 amide bonds. The second kappa shape index (κ2) is 29.0. The van der Waals surface area contributed by atoms with Gasteiger partial charge in [-0.3, -0.25) is 29.0 Å². The molecule has 0 bridgehead atoms. The highest BCUT2D eigenvalue weighted by atomic mass is 28.4. The van der Waals surface area contributed by atoms with Crippen LogP contribution in [0.3, 0.4) is 0 Å². The lowest BCUT2D eigenvalue weighted by Crippen LogP contribution is -2.47. The minimum atomic E-state index is -3.24. The van der Waals surface area contributed by atoms with Crippen molar-refractivity contribution in [2.45, 2.75) is 24.2 Å². The van der Waals surface area contributed by atoms with Gasteiger partial charge in [0.05, 0.1) is 22.3 Å². The average Bonchev–Trinajstić information content (AvgIpc) is 0.670. The van der Waals surface area contributed by atoms with Crippen molar-refractivity contribution in [3.8, 4) is 57.8 Å². The van der Waals surface area contributed by atoms with Gasteiger partial charge >= 0.3 is 29.5 Å². The van der Waals surface area contributed by atoms with Crippen molar-refractivity contribution < 1.29 is 83.7 Å². The van der Waals surface area contributed by atoms with Crippen LogP contribution in [0, 0.1) is 0 Å². The Morgan fingerprint density at radius 3 is 0.840 bits per heavy atom. The largest absolute Gasteiger partial charge is 0.504 e. The van der Waals surface area contributed by atoms with Gasteiger partial charge in [0.2, 0.25) is 11.8 Å². The zero-order valence-corrected chi connectivity index (χ0v) is 59.8. The number of amides is 4. The normalized spacial score (nSPS) is 13.5. The summed E-state index contributed by atoms with van der Waals surface area (Å²) in [5.41, 5.74) is 1.22. The number of hydrogen-bond donors (Lipinski definition) is 0. The summed E-state index contributed by atoms with van der Waals surface area (Å²) < 4.78 is 75.1. The van der Waals surface area contributed by atoms with Crippen LogP contribution in [-0.4, -0.2) is 116 Å². The molecule has 0 saturated heterocycles. The number of ether oxygens (including phenoxy) is 6. The molecule has 2 atom stereocenters. The minimum Gasteiger partial charge on any atom is -0.457 e. The number of para-hydroxylation sites is 4. The summed E-state index contributed by atoms with van der Waals surface area (Å²) in [5, 5.41) is 1.50. The Balaban J connectivity index is 1.01. The van der Waals surface area contributed by atoms with E-state index < -0.39 is 65.3 Å². The van der Waals surface area contributed by atoms with E-state index in [-0.39, 0.29) is 123 Å². The van der Waals surface area contributed by atoms with E-state index in [0.29, 0.717) is 34.1 Å². The van der Waals surface area contributed by atoms with Gasteiger partial charge in [-0.2, -0.15) is 0 Å². The molecule has 2 aliphatic heterocycles. The zero-order chi connectivity index (χ0) is 73.4. The van der Waals surface area contributed by atoms with E-state index in [2.05, 4.69) is 9.97 Å². The van der Waals surface area contributed by atoms with E-state index in [1.165, 1.54) is 91.5 Å². The molecule has 106 heavy (non-hydrogen) atoms. The molecule has 4 heterocycles. The van der Waals surface area contributed by atoms with Gasteiger partial charge in [0.15, 0.2) is 12.1 Å². The Labute approximate surface area is 608 Å². The highest BCUT2D eigenvalue weighted by Crippen LogP contribution is 2.59. The van der Waals surface area contributed by atoms with Crippen LogP contribution in [0.25, 0.3) is 43.1 Å². The fourth-order valence-corrected chi connectivity index (χ4v) is 17.1. The van der Waals surface area contributed by atoms with Crippen LogP contribution in [0.1, 0.15) is 75.8 Å². The number of nitrogens with zero attached hydrogens (tertiary/aromatic N) is 4. The van der Waals surface area contributed by atoms with E-state index >= 15 is 28.8 Å². The van der Waals surface area contributed by atoms with Gasteiger partial charge in [-0.25, -0.2) is 19.6 Å². The topological polar surface area (TPSA) is 245 Å². The summed E-state index contributed by atoms with van der Waals surface area (Å²) >= 11 is 0. The summed E-state index contributed by atoms with van der Waals surface area (Å²) in [7, 11) is 2.39. The molecule has 0 radical (unpaired) electrons. The smallest absolute Gasteiger partial charge is 0.457 e. The van der Waals surface area contributed by atoms with Crippen LogP contribution in [0.4, 0.5) is 0 Å². The van der Waals surface area contributed by atoms with Crippen LogP contribution >= 0.6 is 0 Å². The number of carbonyl (C=O) groups is 6. The number of aromatic nitrogens is 2. The Morgan fingerprint density at radius 2 is 0.585 bits per heavy atom. The molecule has 0 saturated carbocycles. The third kappa shape index (κ3) is 12.7. The van der Waals surface area contributed by atoms with E-state index in [1.54, 1.807) is 194 Å². The summed E-state index contributed by atoms with van der Waals surface area (Å²) in [6.45, 7) is 0. The molecule has 2 aliphatic rings. The molecule has 0 spiro atoms. The number of esters is 2. The fraction of sp³-hybridized carbons (Fsp3) is 0.122. The van der Waals surface area contributed by atoms with Gasteiger partial charge in [0.25, 0.3) is 23.6 Å². The van der Waals surface area contributed by atoms with Crippen LogP contribution in [-0.2, 0) is 48.2 Å². The van der Waals surface area contributed by atoms with Crippen molar-refractivity contribution in [3.05, 3.63) is 287 Å². The maximum absolute atomic E-state index is 16.5. The van der Waals surface area contributed by atoms with E-state index in [0.717, 1.165) is 9.80 Å². The lowest BCUT2D eigenvalue weighted by Gasteiger charge is -2.35. The Bertz CT molecular complexity index is 5000. The predicted octanol–water partition coefficient (Wildman–Crippen LogP) is 15.5. The Kier molecular flexibility index (Phi) is 19.0. The van der Waals surface area contributed by atoms with Gasteiger partial charge < -0.3 is 55.0 Å². The summed E-state index contributed by atoms with van der Waals surface area (Å²) in [5.74, 6) is -4.87. The van der Waals surface area contributed by atoms with Crippen LogP contribution < -0.4 is 28.4 Å². The van der Waals surface area contributed by atoms with Gasteiger partial charge in [-0.1, -0.05) is 133 Å². The standard InChI is InChI=1S/C82H64N4O18Si2/c1-93-105(94-2,95-3)47-49-37-39-83-65(41-49)103-81(91)75(51-25-13-7-14-26-51)85-77(87)57-43-61(99-53-29-17-9-18-30-53)69-71-63(101-55-33-21-11-22-34-55)45-59-68-60(80(90)86(79(59)89)76(52-27-15-8-16-28-52)82(92)104-66-42-50(38-40-84-66)48-106(96-4,97-5)98-6)46-64(102-56-35-23-12-24-36-56)72(74(68)71)70-62(100-54-31-19-10-20-32-54)44-58(78(85)88)67(57)73(69)70/h7-46,75-76H,47-48H2,1-6H3. The van der Waals surface area contributed by atoms with Gasteiger partial charge in [-0.15, -0.1) is 0 Å². The van der Waals surface area contributed by atoms with Gasteiger partial charge in [-0.05, 0) is 107 Å². The van der Waals surface area contributed by atoms with Crippen LogP contribution in [0.15, 0.2) is 243 Å². The molecule has 22 nitrogen and oxygen atoms in total. The highest BCUT2D eigenvalue weighted by molar-refractivity contribution is 6.60. The SMILES string of the molecule is CO[Si](Cc1ccnc(OC(=O)C(c2ccccc2)N2C(=O)c3cc(Oc4ccccc4)c4c5c(Oc6ccccc6)cc6c7c(cc(Oc8ccccc8)c(c8c(Oc9ccccc9)cc(c3c48)C2=O)c75)C(=O)N(C(C(=O)Oc2cc(C[Si](OC)(OC)OC)ccn2)c2ccccc2)C6=O)c1)(OC)OC. The van der Waals surface area contributed by atoms with Crippen molar-refractivity contribution in [1.82, 2.24) is 19.8 Å². The number of hydrogen-bond acceptors (Lipinski definition) is 20. The number of pyridine rings is 2. The number of imide groups is 2. The summed E-state index contributed by atoms with van der Waals surface area (Å²) in [6, 6.07) is 60.9. The molecule has 2 unspecified atom stereocenters. The maximum Gasteiger partial charge on any atom is 0.504 e. The Hall–Kier alpha value is -12.4.